The fourth-order valence-corrected chi connectivity index (χ4v) is 2.19. The molecular weight excluding hydrogens is 270 g/mol. The smallest absolute Gasteiger partial charge is 0.268 e. The lowest BCUT2D eigenvalue weighted by atomic mass is 10.1. The Kier molecular flexibility index (Phi) is 4.71. The van der Waals surface area contributed by atoms with E-state index in [9.17, 15) is 9.90 Å². The molecule has 1 aliphatic rings. The summed E-state index contributed by atoms with van der Waals surface area (Å²) in [6, 6.07) is 3.43. The molecule has 112 valence electrons. The van der Waals surface area contributed by atoms with Crippen LogP contribution in [0.15, 0.2) is 12.1 Å². The zero-order valence-electron chi connectivity index (χ0n) is 12.3. The van der Waals surface area contributed by atoms with Crippen LogP contribution in [0.1, 0.15) is 25.8 Å². The summed E-state index contributed by atoms with van der Waals surface area (Å²) in [6.07, 6.45) is 5.58. The van der Waals surface area contributed by atoms with E-state index < -0.39 is 6.10 Å². The molecular formula is C16H19NO4. The number of aliphatic hydroxyl groups excluding tert-OH is 1. The number of benzene rings is 1. The minimum Gasteiger partial charge on any atom is -0.490 e. The van der Waals surface area contributed by atoms with Crippen LogP contribution in [0.2, 0.25) is 0 Å². The van der Waals surface area contributed by atoms with Gasteiger partial charge in [-0.2, -0.15) is 0 Å². The maximum atomic E-state index is 12.2. The van der Waals surface area contributed by atoms with Crippen LogP contribution in [0, 0.1) is 12.3 Å². The summed E-state index contributed by atoms with van der Waals surface area (Å²) in [5, 5.41) is 9.38. The Morgan fingerprint density at radius 2 is 2.29 bits per heavy atom. The quantitative estimate of drug-likeness (QED) is 0.838. The molecule has 1 N–H and O–H groups in total. The summed E-state index contributed by atoms with van der Waals surface area (Å²) in [6.45, 7) is 4.21. The Morgan fingerprint density at radius 1 is 1.52 bits per heavy atom. The van der Waals surface area contributed by atoms with Crippen molar-refractivity contribution in [1.82, 2.24) is 0 Å². The van der Waals surface area contributed by atoms with Gasteiger partial charge in [0.05, 0.1) is 25.4 Å². The van der Waals surface area contributed by atoms with Crippen LogP contribution in [-0.4, -0.2) is 30.3 Å². The summed E-state index contributed by atoms with van der Waals surface area (Å²) in [5.74, 6) is 3.31. The van der Waals surface area contributed by atoms with Crippen LogP contribution < -0.4 is 14.4 Å². The molecule has 1 unspecified atom stereocenters. The number of carbonyl (C=O) groups is 1. The Balaban J connectivity index is 2.52. The Hall–Kier alpha value is -2.19. The van der Waals surface area contributed by atoms with Crippen LogP contribution in [0.5, 0.6) is 11.5 Å². The topological polar surface area (TPSA) is 59.0 Å². The Labute approximate surface area is 124 Å². The molecule has 1 atom stereocenters. The lowest BCUT2D eigenvalue weighted by Crippen LogP contribution is -2.44. The minimum atomic E-state index is -0.616. The second-order valence-corrected chi connectivity index (χ2v) is 4.84. The van der Waals surface area contributed by atoms with Crippen LogP contribution in [-0.2, 0) is 11.4 Å². The normalized spacial score (nSPS) is 17.0. The predicted octanol–water partition coefficient (Wildman–Crippen LogP) is 1.71. The van der Waals surface area contributed by atoms with E-state index in [2.05, 4.69) is 5.92 Å². The molecule has 1 aromatic rings. The summed E-state index contributed by atoms with van der Waals surface area (Å²) >= 11 is 0. The maximum Gasteiger partial charge on any atom is 0.268 e. The first-order valence-electron chi connectivity index (χ1n) is 6.94. The largest absolute Gasteiger partial charge is 0.490 e. The number of ether oxygens (including phenoxy) is 2. The molecule has 1 aromatic carbocycles. The molecule has 21 heavy (non-hydrogen) atoms. The molecule has 2 rings (SSSR count). The van der Waals surface area contributed by atoms with Crippen molar-refractivity contribution in [2.45, 2.75) is 33.0 Å². The molecule has 0 aromatic heterocycles. The van der Waals surface area contributed by atoms with Crippen molar-refractivity contribution in [1.29, 1.82) is 0 Å². The molecule has 0 aliphatic carbocycles. The van der Waals surface area contributed by atoms with Crippen molar-refractivity contribution in [3.05, 3.63) is 17.7 Å². The first kappa shape index (κ1) is 15.2. The molecule has 0 radical (unpaired) electrons. The van der Waals surface area contributed by atoms with Crippen molar-refractivity contribution in [3.63, 3.8) is 0 Å². The number of hydrogen-bond donors (Lipinski definition) is 1. The highest BCUT2D eigenvalue weighted by molar-refractivity contribution is 6.01. The number of anilines is 1. The fraction of sp³-hybridized carbons (Fsp3) is 0.438. The number of hydrogen-bond acceptors (Lipinski definition) is 4. The second kappa shape index (κ2) is 6.51. The average molecular weight is 289 g/mol. The molecule has 5 nitrogen and oxygen atoms in total. The molecule has 0 saturated heterocycles. The van der Waals surface area contributed by atoms with Gasteiger partial charge in [-0.25, -0.2) is 0 Å². The summed E-state index contributed by atoms with van der Waals surface area (Å²) in [5.41, 5.74) is 1.20. The van der Waals surface area contributed by atoms with E-state index in [1.165, 1.54) is 4.90 Å². The van der Waals surface area contributed by atoms with Gasteiger partial charge >= 0.3 is 0 Å². The summed E-state index contributed by atoms with van der Waals surface area (Å²) < 4.78 is 11.4. The van der Waals surface area contributed by atoms with E-state index in [4.69, 9.17) is 15.9 Å². The van der Waals surface area contributed by atoms with Gasteiger partial charge < -0.3 is 14.6 Å². The van der Waals surface area contributed by atoms with E-state index >= 15 is 0 Å². The van der Waals surface area contributed by atoms with Gasteiger partial charge in [0.2, 0.25) is 0 Å². The van der Waals surface area contributed by atoms with Crippen LogP contribution in [0.4, 0.5) is 5.69 Å². The summed E-state index contributed by atoms with van der Waals surface area (Å²) in [7, 11) is 0. The van der Waals surface area contributed by atoms with Gasteiger partial charge in [-0.1, -0.05) is 12.8 Å². The van der Waals surface area contributed by atoms with Crippen molar-refractivity contribution in [2.24, 2.45) is 0 Å². The monoisotopic (exact) mass is 289 g/mol. The zero-order chi connectivity index (χ0) is 15.4. The van der Waals surface area contributed by atoms with Crippen molar-refractivity contribution in [2.75, 3.05) is 18.1 Å². The molecule has 0 bridgehead atoms. The van der Waals surface area contributed by atoms with Crippen LogP contribution in [0.25, 0.3) is 0 Å². The number of amides is 1. The number of aliphatic hydroxyl groups is 1. The molecule has 1 amide bonds. The summed E-state index contributed by atoms with van der Waals surface area (Å²) in [4.78, 5) is 13.7. The van der Waals surface area contributed by atoms with Crippen molar-refractivity contribution in [3.8, 4) is 23.8 Å². The number of fused-ring (bicyclic) bond motifs is 1. The Morgan fingerprint density at radius 3 is 2.90 bits per heavy atom. The standard InChI is InChI=1S/C16H19NO4/c1-4-6-17-13-8-12(10-18)9-14(20-7-5-2)15(13)21-11(3)16(17)19/h1,8-9,11,18H,5-7,10H2,2-3H3. The first-order valence-corrected chi connectivity index (χ1v) is 6.94. The molecule has 1 aliphatic heterocycles. The lowest BCUT2D eigenvalue weighted by molar-refractivity contribution is -0.125. The first-order chi connectivity index (χ1) is 10.1. The third-order valence-corrected chi connectivity index (χ3v) is 3.19. The van der Waals surface area contributed by atoms with Crippen molar-refractivity contribution < 1.29 is 19.4 Å². The average Bonchev–Trinajstić information content (AvgIpc) is 2.49. The highest BCUT2D eigenvalue weighted by Gasteiger charge is 2.33. The molecule has 1 heterocycles. The third-order valence-electron chi connectivity index (χ3n) is 3.19. The maximum absolute atomic E-state index is 12.2. The number of carbonyl (C=O) groups excluding carboxylic acids is 1. The van der Waals surface area contributed by atoms with Crippen LogP contribution in [0.3, 0.4) is 0 Å². The molecule has 5 heteroatoms. The number of rotatable bonds is 5. The number of nitrogens with zero attached hydrogens (tertiary/aromatic N) is 1. The van der Waals surface area contributed by atoms with Gasteiger partial charge in [0.25, 0.3) is 5.91 Å². The van der Waals surface area contributed by atoms with E-state index in [1.54, 1.807) is 19.1 Å². The zero-order valence-corrected chi connectivity index (χ0v) is 12.3. The minimum absolute atomic E-state index is 0.149. The van der Waals surface area contributed by atoms with Gasteiger partial charge in [0.15, 0.2) is 17.6 Å². The van der Waals surface area contributed by atoms with E-state index in [1.807, 2.05) is 6.92 Å². The van der Waals surface area contributed by atoms with Gasteiger partial charge in [-0.05, 0) is 31.0 Å². The second-order valence-electron chi connectivity index (χ2n) is 4.84. The van der Waals surface area contributed by atoms with E-state index in [0.29, 0.717) is 29.4 Å². The van der Waals surface area contributed by atoms with Crippen LogP contribution >= 0.6 is 0 Å². The van der Waals surface area contributed by atoms with E-state index in [-0.39, 0.29) is 19.1 Å². The van der Waals surface area contributed by atoms with Crippen molar-refractivity contribution >= 4 is 11.6 Å². The van der Waals surface area contributed by atoms with E-state index in [0.717, 1.165) is 6.42 Å². The van der Waals surface area contributed by atoms with Gasteiger partial charge in [0.1, 0.15) is 0 Å². The third kappa shape index (κ3) is 2.96. The number of terminal acetylenes is 1. The predicted molar refractivity (Wildman–Crippen MR) is 79.4 cm³/mol. The fourth-order valence-electron chi connectivity index (χ4n) is 2.19. The molecule has 0 fully saturated rings. The lowest BCUT2D eigenvalue weighted by Gasteiger charge is -2.33. The highest BCUT2D eigenvalue weighted by atomic mass is 16.5. The highest BCUT2D eigenvalue weighted by Crippen LogP contribution is 2.43. The van der Waals surface area contributed by atoms with Gasteiger partial charge in [-0.3, -0.25) is 9.69 Å². The molecule has 0 saturated carbocycles. The van der Waals surface area contributed by atoms with Gasteiger partial charge in [0, 0.05) is 0 Å². The van der Waals surface area contributed by atoms with Gasteiger partial charge in [-0.15, -0.1) is 6.42 Å². The Bertz CT molecular complexity index is 576. The molecule has 0 spiro atoms. The SMILES string of the molecule is C#CCN1C(=O)C(C)Oc2c(OCCC)cc(CO)cc21.